The van der Waals surface area contributed by atoms with Crippen LogP contribution in [0.1, 0.15) is 36.8 Å². The van der Waals surface area contributed by atoms with Gasteiger partial charge in [0.05, 0.1) is 23.3 Å². The van der Waals surface area contributed by atoms with E-state index >= 15 is 4.39 Å². The second-order valence-electron chi connectivity index (χ2n) is 8.67. The number of benzene rings is 2. The van der Waals surface area contributed by atoms with E-state index in [9.17, 15) is 9.90 Å². The predicted octanol–water partition coefficient (Wildman–Crippen LogP) is 5.20. The highest BCUT2D eigenvalue weighted by molar-refractivity contribution is 6.33. The number of methoxy groups -OCH3 is 2. The number of rotatable bonds is 5. The van der Waals surface area contributed by atoms with E-state index in [0.29, 0.717) is 48.4 Å². The van der Waals surface area contributed by atoms with Crippen molar-refractivity contribution in [2.24, 2.45) is 0 Å². The fourth-order valence-electron chi connectivity index (χ4n) is 4.92. The van der Waals surface area contributed by atoms with E-state index in [1.807, 2.05) is 6.07 Å². The number of amides is 1. The Balaban J connectivity index is 1.80. The molecule has 1 amide bonds. The van der Waals surface area contributed by atoms with Crippen LogP contribution in [0.15, 0.2) is 42.2 Å². The van der Waals surface area contributed by atoms with E-state index in [2.05, 4.69) is 5.32 Å². The monoisotopic (exact) mass is 459 g/mol. The minimum Gasteiger partial charge on any atom is -0.509 e. The average molecular weight is 460 g/mol. The number of carbonyl (C=O) groups excluding carboxylic acids is 1. The lowest BCUT2D eigenvalue weighted by Crippen LogP contribution is -2.53. The van der Waals surface area contributed by atoms with Crippen molar-refractivity contribution in [3.63, 3.8) is 0 Å². The maximum absolute atomic E-state index is 15.8. The smallest absolute Gasteiger partial charge is 0.256 e. The molecule has 32 heavy (non-hydrogen) atoms. The molecule has 7 heteroatoms. The molecule has 1 spiro atoms. The molecule has 0 saturated heterocycles. The van der Waals surface area contributed by atoms with Gasteiger partial charge in [0.1, 0.15) is 11.6 Å². The Morgan fingerprint density at radius 3 is 2.41 bits per heavy atom. The molecule has 170 valence electrons. The number of aliphatic hydroxyl groups excluding tert-OH is 1. The number of hydrogen-bond acceptors (Lipinski definition) is 4. The molecular weight excluding hydrogens is 433 g/mol. The van der Waals surface area contributed by atoms with Crippen LogP contribution in [0.3, 0.4) is 0 Å². The van der Waals surface area contributed by atoms with E-state index in [1.165, 1.54) is 0 Å². The summed E-state index contributed by atoms with van der Waals surface area (Å²) < 4.78 is 26.8. The van der Waals surface area contributed by atoms with Crippen LogP contribution in [0, 0.1) is 12.7 Å². The molecule has 0 unspecified atom stereocenters. The first-order valence-corrected chi connectivity index (χ1v) is 11.0. The number of aliphatic hydroxyl groups is 1. The van der Waals surface area contributed by atoms with Gasteiger partial charge in [-0.25, -0.2) is 4.39 Å². The van der Waals surface area contributed by atoms with E-state index in [1.54, 1.807) is 51.5 Å². The van der Waals surface area contributed by atoms with E-state index < -0.39 is 22.9 Å². The van der Waals surface area contributed by atoms with Crippen molar-refractivity contribution in [1.29, 1.82) is 0 Å². The summed E-state index contributed by atoms with van der Waals surface area (Å²) in [5, 5.41) is 14.5. The van der Waals surface area contributed by atoms with Gasteiger partial charge in [-0.1, -0.05) is 41.9 Å². The quantitative estimate of drug-likeness (QED) is 0.645. The zero-order valence-corrected chi connectivity index (χ0v) is 19.2. The Morgan fingerprint density at radius 1 is 1.16 bits per heavy atom. The molecule has 2 aromatic rings. The van der Waals surface area contributed by atoms with Gasteiger partial charge < -0.3 is 19.9 Å². The summed E-state index contributed by atoms with van der Waals surface area (Å²) in [5.41, 5.74) is -0.0724. The van der Waals surface area contributed by atoms with Crippen molar-refractivity contribution >= 4 is 23.1 Å². The van der Waals surface area contributed by atoms with E-state index in [-0.39, 0.29) is 22.5 Å². The number of hydrogen-bond donors (Lipinski definition) is 2. The zero-order valence-electron chi connectivity index (χ0n) is 18.4. The number of carbonyl (C=O) groups is 1. The second kappa shape index (κ2) is 8.50. The number of ether oxygens (including phenoxy) is 2. The Labute approximate surface area is 192 Å². The maximum atomic E-state index is 15.8. The van der Waals surface area contributed by atoms with Gasteiger partial charge in [-0.05, 0) is 49.8 Å². The first-order valence-electron chi connectivity index (χ1n) is 10.6. The Morgan fingerprint density at radius 2 is 1.81 bits per heavy atom. The Kier molecular flexibility index (Phi) is 6.05. The number of halogens is 2. The van der Waals surface area contributed by atoms with Crippen molar-refractivity contribution in [3.05, 3.63) is 64.1 Å². The van der Waals surface area contributed by atoms with Gasteiger partial charge in [-0.15, -0.1) is 0 Å². The lowest BCUT2D eigenvalue weighted by Gasteiger charge is -2.43. The third kappa shape index (κ3) is 3.60. The molecule has 2 aliphatic rings. The predicted molar refractivity (Wildman–Crippen MR) is 122 cm³/mol. The van der Waals surface area contributed by atoms with Crippen LogP contribution in [0.2, 0.25) is 5.02 Å². The van der Waals surface area contributed by atoms with Gasteiger partial charge >= 0.3 is 0 Å². The maximum Gasteiger partial charge on any atom is 0.256 e. The SMILES string of the molecule is COCC1(OC)CCC2(CC1)NC(=O)C(c1c(C)c(Cl)cc(-c3ccccc3)c1F)=C2O. The average Bonchev–Trinajstić information content (AvgIpc) is 3.03. The molecule has 1 saturated carbocycles. The highest BCUT2D eigenvalue weighted by Crippen LogP contribution is 2.47. The van der Waals surface area contributed by atoms with Gasteiger partial charge in [0.2, 0.25) is 0 Å². The van der Waals surface area contributed by atoms with Gasteiger partial charge in [-0.2, -0.15) is 0 Å². The Hall–Kier alpha value is -2.41. The summed E-state index contributed by atoms with van der Waals surface area (Å²) in [6.07, 6.45) is 2.08. The molecule has 0 radical (unpaired) electrons. The van der Waals surface area contributed by atoms with Crippen LogP contribution in [-0.2, 0) is 14.3 Å². The fourth-order valence-corrected chi connectivity index (χ4v) is 5.13. The van der Waals surface area contributed by atoms with E-state index in [4.69, 9.17) is 21.1 Å². The van der Waals surface area contributed by atoms with Crippen LogP contribution < -0.4 is 5.32 Å². The zero-order chi connectivity index (χ0) is 23.1. The minimum atomic E-state index is -0.948. The van der Waals surface area contributed by atoms with Crippen LogP contribution in [0.5, 0.6) is 0 Å². The van der Waals surface area contributed by atoms with Gasteiger partial charge in [0.15, 0.2) is 0 Å². The topological polar surface area (TPSA) is 67.8 Å². The van der Waals surface area contributed by atoms with Crippen molar-refractivity contribution in [1.82, 2.24) is 5.32 Å². The summed E-state index contributed by atoms with van der Waals surface area (Å²) in [6.45, 7) is 2.08. The molecule has 4 rings (SSSR count). The van der Waals surface area contributed by atoms with Crippen LogP contribution >= 0.6 is 11.6 Å². The molecule has 1 aliphatic carbocycles. The first-order chi connectivity index (χ1) is 15.3. The molecule has 2 aromatic carbocycles. The molecule has 0 atom stereocenters. The minimum absolute atomic E-state index is 0.0451. The molecular formula is C25H27ClFNO4. The molecule has 2 N–H and O–H groups in total. The van der Waals surface area contributed by atoms with Crippen molar-refractivity contribution < 1.29 is 23.8 Å². The van der Waals surface area contributed by atoms with Gasteiger partial charge in [-0.3, -0.25) is 4.79 Å². The largest absolute Gasteiger partial charge is 0.509 e. The van der Waals surface area contributed by atoms with Crippen LogP contribution in [0.4, 0.5) is 4.39 Å². The summed E-state index contributed by atoms with van der Waals surface area (Å²) in [7, 11) is 3.26. The third-order valence-electron chi connectivity index (χ3n) is 6.92. The van der Waals surface area contributed by atoms with Gasteiger partial charge in [0, 0.05) is 30.4 Å². The van der Waals surface area contributed by atoms with Crippen molar-refractivity contribution in [2.75, 3.05) is 20.8 Å². The van der Waals surface area contributed by atoms with E-state index in [0.717, 1.165) is 0 Å². The lowest BCUT2D eigenvalue weighted by atomic mass is 9.73. The van der Waals surface area contributed by atoms with Crippen molar-refractivity contribution in [2.45, 2.75) is 43.7 Å². The fraction of sp³-hybridized carbons (Fsp3) is 0.400. The third-order valence-corrected chi connectivity index (χ3v) is 7.31. The molecule has 5 nitrogen and oxygen atoms in total. The van der Waals surface area contributed by atoms with Crippen LogP contribution in [-0.4, -0.2) is 43.0 Å². The molecule has 0 aromatic heterocycles. The normalized spacial score (nSPS) is 25.5. The lowest BCUT2D eigenvalue weighted by molar-refractivity contribution is -0.119. The molecule has 1 fully saturated rings. The molecule has 1 heterocycles. The standard InChI is InChI=1S/C25H27ClFNO4/c1-15-18(26)13-17(16-7-5-4-6-8-16)21(27)19(15)20-22(29)25(28-23(20)30)11-9-24(32-3,10-12-25)14-31-2/h4-8,13,29H,9-12,14H2,1-3H3,(H,28,30). The van der Waals surface area contributed by atoms with Crippen molar-refractivity contribution in [3.8, 4) is 11.1 Å². The summed E-state index contributed by atoms with van der Waals surface area (Å²) in [5.74, 6) is -1.20. The highest BCUT2D eigenvalue weighted by atomic mass is 35.5. The highest BCUT2D eigenvalue weighted by Gasteiger charge is 2.52. The molecule has 0 bridgehead atoms. The first kappa shape index (κ1) is 22.8. The summed E-state index contributed by atoms with van der Waals surface area (Å²) >= 11 is 6.45. The molecule has 1 aliphatic heterocycles. The summed E-state index contributed by atoms with van der Waals surface area (Å²) in [4.78, 5) is 13.1. The number of nitrogens with one attached hydrogen (secondary N) is 1. The Bertz CT molecular complexity index is 1080. The van der Waals surface area contributed by atoms with Crippen LogP contribution in [0.25, 0.3) is 16.7 Å². The summed E-state index contributed by atoms with van der Waals surface area (Å²) in [6, 6.07) is 10.6. The second-order valence-corrected chi connectivity index (χ2v) is 9.07. The van der Waals surface area contributed by atoms with Gasteiger partial charge in [0.25, 0.3) is 5.91 Å².